The van der Waals surface area contributed by atoms with Gasteiger partial charge < -0.3 is 19.3 Å². The summed E-state index contributed by atoms with van der Waals surface area (Å²) in [6, 6.07) is 12.2. The van der Waals surface area contributed by atoms with Crippen LogP contribution >= 0.6 is 13.5 Å². The second-order valence-electron chi connectivity index (χ2n) is 8.93. The molecular weight excluding hydrogens is 464 g/mol. The van der Waals surface area contributed by atoms with Crippen LogP contribution in [0.4, 0.5) is 5.69 Å². The Hall–Kier alpha value is -3.42. The summed E-state index contributed by atoms with van der Waals surface area (Å²) in [5.74, 6) is 0.279. The van der Waals surface area contributed by atoms with E-state index >= 15 is 0 Å². The van der Waals surface area contributed by atoms with Crippen molar-refractivity contribution < 1.29 is 14.3 Å². The molecule has 1 aromatic carbocycles. The first kappa shape index (κ1) is 24.7. The number of amides is 1. The Kier molecular flexibility index (Phi) is 7.10. The third kappa shape index (κ3) is 5.01. The fraction of sp³-hybridized carbons (Fsp3) is 0.400. The van der Waals surface area contributed by atoms with Crippen molar-refractivity contribution in [1.29, 1.82) is 5.26 Å². The number of aromatic nitrogens is 3. The smallest absolute Gasteiger partial charge is 0.243 e. The number of anilines is 1. The fourth-order valence-electron chi connectivity index (χ4n) is 4.10. The molecule has 2 aliphatic rings. The molecular formula is C25H28N6O3S. The highest BCUT2D eigenvalue weighted by atomic mass is 32.1. The van der Waals surface area contributed by atoms with Gasteiger partial charge >= 0.3 is 0 Å². The van der Waals surface area contributed by atoms with Crippen molar-refractivity contribution in [2.75, 3.05) is 45.3 Å². The van der Waals surface area contributed by atoms with E-state index in [1.165, 1.54) is 0 Å². The normalized spacial score (nSPS) is 18.3. The van der Waals surface area contributed by atoms with Gasteiger partial charge in [0.1, 0.15) is 18.1 Å². The van der Waals surface area contributed by atoms with Crippen LogP contribution in [0.3, 0.4) is 0 Å². The Morgan fingerprint density at radius 2 is 2.00 bits per heavy atom. The van der Waals surface area contributed by atoms with E-state index in [4.69, 9.17) is 14.5 Å². The van der Waals surface area contributed by atoms with E-state index < -0.39 is 5.41 Å². The number of hydrogen-bond donors (Lipinski definition) is 0. The summed E-state index contributed by atoms with van der Waals surface area (Å²) in [6.45, 7) is 1.50. The van der Waals surface area contributed by atoms with Crippen LogP contribution in [-0.4, -0.2) is 72.3 Å². The minimum absolute atomic E-state index is 0. The van der Waals surface area contributed by atoms with Gasteiger partial charge in [-0.15, -0.1) is 0 Å². The Balaban J connectivity index is 0.00000289. The van der Waals surface area contributed by atoms with E-state index in [-0.39, 0.29) is 32.1 Å². The minimum atomic E-state index is -0.827. The number of ether oxygens (including phenoxy) is 2. The lowest BCUT2D eigenvalue weighted by molar-refractivity contribution is -0.143. The van der Waals surface area contributed by atoms with Crippen LogP contribution in [0.5, 0.6) is 5.88 Å². The molecule has 2 aromatic heterocycles. The molecule has 182 valence electrons. The quantitative estimate of drug-likeness (QED) is 0.517. The molecule has 1 aliphatic heterocycles. The van der Waals surface area contributed by atoms with Gasteiger partial charge in [0.15, 0.2) is 5.52 Å². The van der Waals surface area contributed by atoms with Gasteiger partial charge in [0, 0.05) is 44.3 Å². The van der Waals surface area contributed by atoms with Gasteiger partial charge in [-0.05, 0) is 31.0 Å². The van der Waals surface area contributed by atoms with Crippen LogP contribution in [0.25, 0.3) is 22.3 Å². The summed E-state index contributed by atoms with van der Waals surface area (Å²) in [5.41, 5.74) is 3.21. The van der Waals surface area contributed by atoms with Gasteiger partial charge in [0.05, 0.1) is 30.4 Å². The molecule has 5 rings (SSSR count). The Bertz CT molecular complexity index is 1260. The highest BCUT2D eigenvalue weighted by Crippen LogP contribution is 2.46. The van der Waals surface area contributed by atoms with Gasteiger partial charge in [-0.3, -0.25) is 9.78 Å². The second-order valence-corrected chi connectivity index (χ2v) is 8.93. The number of morpholine rings is 1. The highest BCUT2D eigenvalue weighted by Gasteiger charge is 2.53. The molecule has 1 atom stereocenters. The Morgan fingerprint density at radius 1 is 1.26 bits per heavy atom. The minimum Gasteiger partial charge on any atom is -0.473 e. The van der Waals surface area contributed by atoms with Gasteiger partial charge in [-0.1, -0.05) is 12.1 Å². The van der Waals surface area contributed by atoms with Gasteiger partial charge in [0.2, 0.25) is 11.8 Å². The molecule has 0 radical (unpaired) electrons. The monoisotopic (exact) mass is 492 g/mol. The molecule has 1 amide bonds. The Morgan fingerprint density at radius 3 is 2.69 bits per heavy atom. The van der Waals surface area contributed by atoms with E-state index in [9.17, 15) is 10.1 Å². The predicted molar refractivity (Wildman–Crippen MR) is 137 cm³/mol. The van der Waals surface area contributed by atoms with Crippen molar-refractivity contribution in [2.24, 2.45) is 5.41 Å². The first-order chi connectivity index (χ1) is 16.5. The standard InChI is InChI=1S/C25H26N6O3.H2S/c1-30(2)18-5-3-17(4-6-18)20-13-21-22(28-10-9-27-21)23(29-20)34-15-19-14-31(11-12-33-19)24(32)25(16-26)7-8-25;/h3-6,9-10,13,19H,7-8,11-12,14-15H2,1-2H3;1H2/t19-;/m0./s1. The molecule has 2 fully saturated rings. The van der Waals surface area contributed by atoms with E-state index in [0.29, 0.717) is 49.5 Å². The molecule has 0 N–H and O–H groups in total. The molecule has 0 bridgehead atoms. The summed E-state index contributed by atoms with van der Waals surface area (Å²) in [5, 5.41) is 9.36. The molecule has 1 saturated carbocycles. The molecule has 9 nitrogen and oxygen atoms in total. The number of benzene rings is 1. The highest BCUT2D eigenvalue weighted by molar-refractivity contribution is 7.59. The van der Waals surface area contributed by atoms with Crippen LogP contribution in [0.1, 0.15) is 12.8 Å². The van der Waals surface area contributed by atoms with E-state index in [1.54, 1.807) is 17.3 Å². The lowest BCUT2D eigenvalue weighted by atomic mass is 10.1. The van der Waals surface area contributed by atoms with Crippen molar-refractivity contribution in [3.8, 4) is 23.2 Å². The van der Waals surface area contributed by atoms with Crippen LogP contribution in [-0.2, 0) is 9.53 Å². The number of nitrogens with zero attached hydrogens (tertiary/aromatic N) is 6. The number of nitriles is 1. The molecule has 3 heterocycles. The summed E-state index contributed by atoms with van der Waals surface area (Å²) >= 11 is 0. The predicted octanol–water partition coefficient (Wildman–Crippen LogP) is 2.78. The van der Waals surface area contributed by atoms with Crippen molar-refractivity contribution >= 4 is 36.1 Å². The van der Waals surface area contributed by atoms with Crippen LogP contribution in [0.15, 0.2) is 42.7 Å². The average molecular weight is 493 g/mol. The summed E-state index contributed by atoms with van der Waals surface area (Å²) < 4.78 is 11.9. The second kappa shape index (κ2) is 10.1. The topological polar surface area (TPSA) is 104 Å². The summed E-state index contributed by atoms with van der Waals surface area (Å²) in [6.07, 6.45) is 4.21. The van der Waals surface area contributed by atoms with Gasteiger partial charge in [-0.2, -0.15) is 18.8 Å². The maximum atomic E-state index is 12.7. The molecule has 1 aliphatic carbocycles. The first-order valence-corrected chi connectivity index (χ1v) is 11.3. The van der Waals surface area contributed by atoms with Crippen LogP contribution in [0, 0.1) is 16.7 Å². The first-order valence-electron chi connectivity index (χ1n) is 11.3. The Labute approximate surface area is 211 Å². The third-order valence-electron chi connectivity index (χ3n) is 6.31. The molecule has 0 spiro atoms. The van der Waals surface area contributed by atoms with Gasteiger partial charge in [0.25, 0.3) is 0 Å². The molecule has 0 unspecified atom stereocenters. The summed E-state index contributed by atoms with van der Waals surface area (Å²) in [7, 11) is 4.00. The molecule has 3 aromatic rings. The maximum Gasteiger partial charge on any atom is 0.243 e. The van der Waals surface area contributed by atoms with Crippen LogP contribution in [0.2, 0.25) is 0 Å². The number of fused-ring (bicyclic) bond motifs is 1. The van der Waals surface area contributed by atoms with Crippen molar-refractivity contribution in [3.05, 3.63) is 42.7 Å². The van der Waals surface area contributed by atoms with Crippen molar-refractivity contribution in [1.82, 2.24) is 19.9 Å². The number of carbonyl (C=O) groups is 1. The number of carbonyl (C=O) groups excluding carboxylic acids is 1. The van der Waals surface area contributed by atoms with E-state index in [0.717, 1.165) is 16.9 Å². The molecule has 35 heavy (non-hydrogen) atoms. The zero-order chi connectivity index (χ0) is 23.7. The zero-order valence-corrected chi connectivity index (χ0v) is 20.8. The summed E-state index contributed by atoms with van der Waals surface area (Å²) in [4.78, 5) is 30.1. The molecule has 10 heteroatoms. The van der Waals surface area contributed by atoms with Crippen molar-refractivity contribution in [2.45, 2.75) is 18.9 Å². The third-order valence-corrected chi connectivity index (χ3v) is 6.31. The zero-order valence-electron chi connectivity index (χ0n) is 19.8. The molecule has 1 saturated heterocycles. The lowest BCUT2D eigenvalue weighted by Gasteiger charge is -2.33. The average Bonchev–Trinajstić information content (AvgIpc) is 3.68. The number of hydrogen-bond acceptors (Lipinski definition) is 8. The number of rotatable bonds is 6. The van der Waals surface area contributed by atoms with Gasteiger partial charge in [-0.25, -0.2) is 9.97 Å². The lowest BCUT2D eigenvalue weighted by Crippen LogP contribution is -2.49. The van der Waals surface area contributed by atoms with Crippen LogP contribution < -0.4 is 9.64 Å². The van der Waals surface area contributed by atoms with E-state index in [2.05, 4.69) is 16.0 Å². The fourth-order valence-corrected chi connectivity index (χ4v) is 4.10. The number of pyridine rings is 1. The van der Waals surface area contributed by atoms with Crippen molar-refractivity contribution in [3.63, 3.8) is 0 Å². The largest absolute Gasteiger partial charge is 0.473 e. The SMILES string of the molecule is CN(C)c1ccc(-c2cc3nccnc3c(OC[C@@H]3CN(C(=O)C4(C#N)CC4)CCO3)n2)cc1.S. The maximum absolute atomic E-state index is 12.7. The van der Waals surface area contributed by atoms with E-state index in [1.807, 2.05) is 49.3 Å².